The Labute approximate surface area is 126 Å². The fourth-order valence-electron chi connectivity index (χ4n) is 2.86. The molecule has 0 radical (unpaired) electrons. The fourth-order valence-corrected chi connectivity index (χ4v) is 5.24. The average Bonchev–Trinajstić information content (AvgIpc) is 2.36. The standard InChI is InChI=1S/C15H22ClNO2S/c16-13-8-6-5-7-12(13)11-20(18,19)15-10-4-2-1-3-9-14(15)17/h5-8,14-15H,1-4,9-11,17H2. The van der Waals surface area contributed by atoms with Gasteiger partial charge in [-0.25, -0.2) is 8.42 Å². The second-order valence-electron chi connectivity index (χ2n) is 5.59. The van der Waals surface area contributed by atoms with Crippen LogP contribution in [0, 0.1) is 0 Å². The molecule has 2 N–H and O–H groups in total. The molecule has 112 valence electrons. The summed E-state index contributed by atoms with van der Waals surface area (Å²) in [6.45, 7) is 0. The third-order valence-corrected chi connectivity index (χ3v) is 6.62. The van der Waals surface area contributed by atoms with E-state index in [4.69, 9.17) is 17.3 Å². The summed E-state index contributed by atoms with van der Waals surface area (Å²) in [7, 11) is -3.26. The molecule has 1 aromatic carbocycles. The molecule has 1 aliphatic rings. The maximum Gasteiger partial charge on any atom is 0.158 e. The molecule has 2 rings (SSSR count). The van der Waals surface area contributed by atoms with Crippen LogP contribution in [0.3, 0.4) is 0 Å². The van der Waals surface area contributed by atoms with Gasteiger partial charge in [-0.3, -0.25) is 0 Å². The van der Waals surface area contributed by atoms with Crippen molar-refractivity contribution in [3.63, 3.8) is 0 Å². The summed E-state index contributed by atoms with van der Waals surface area (Å²) in [6, 6.07) is 6.87. The van der Waals surface area contributed by atoms with Crippen molar-refractivity contribution < 1.29 is 8.42 Å². The molecule has 2 atom stereocenters. The van der Waals surface area contributed by atoms with Gasteiger partial charge in [0.2, 0.25) is 0 Å². The third kappa shape index (κ3) is 3.96. The van der Waals surface area contributed by atoms with Crippen molar-refractivity contribution >= 4 is 21.4 Å². The number of hydrogen-bond acceptors (Lipinski definition) is 3. The minimum absolute atomic E-state index is 0.00889. The van der Waals surface area contributed by atoms with Gasteiger partial charge < -0.3 is 5.73 Å². The molecule has 1 fully saturated rings. The van der Waals surface area contributed by atoms with Crippen LogP contribution in [-0.2, 0) is 15.6 Å². The quantitative estimate of drug-likeness (QED) is 0.931. The Morgan fingerprint density at radius 1 is 1.10 bits per heavy atom. The SMILES string of the molecule is NC1CCCCCCC1S(=O)(=O)Cc1ccccc1Cl. The van der Waals surface area contributed by atoms with Crippen molar-refractivity contribution in [2.24, 2.45) is 5.73 Å². The smallest absolute Gasteiger partial charge is 0.158 e. The van der Waals surface area contributed by atoms with Crippen LogP contribution in [0.15, 0.2) is 24.3 Å². The Kier molecular flexibility index (Phi) is 5.47. The van der Waals surface area contributed by atoms with Crippen LogP contribution in [0.4, 0.5) is 0 Å². The van der Waals surface area contributed by atoms with Gasteiger partial charge in [-0.2, -0.15) is 0 Å². The summed E-state index contributed by atoms with van der Waals surface area (Å²) >= 11 is 6.07. The van der Waals surface area contributed by atoms with E-state index >= 15 is 0 Å². The Morgan fingerprint density at radius 2 is 1.75 bits per heavy atom. The summed E-state index contributed by atoms with van der Waals surface area (Å²) in [6.07, 6.45) is 5.70. The lowest BCUT2D eigenvalue weighted by atomic mass is 9.97. The zero-order valence-electron chi connectivity index (χ0n) is 11.6. The van der Waals surface area contributed by atoms with Crippen molar-refractivity contribution in [2.75, 3.05) is 0 Å². The Hall–Kier alpha value is -0.580. The predicted octanol–water partition coefficient (Wildman–Crippen LogP) is 3.30. The number of nitrogens with two attached hydrogens (primary N) is 1. The average molecular weight is 316 g/mol. The molecule has 20 heavy (non-hydrogen) atoms. The van der Waals surface area contributed by atoms with E-state index in [1.54, 1.807) is 18.2 Å². The van der Waals surface area contributed by atoms with Gasteiger partial charge in [0, 0.05) is 11.1 Å². The Balaban J connectivity index is 2.17. The van der Waals surface area contributed by atoms with Crippen molar-refractivity contribution in [3.05, 3.63) is 34.9 Å². The summed E-state index contributed by atoms with van der Waals surface area (Å²) in [4.78, 5) is 0. The van der Waals surface area contributed by atoms with Gasteiger partial charge in [-0.1, -0.05) is 55.5 Å². The van der Waals surface area contributed by atoms with Gasteiger partial charge in [0.25, 0.3) is 0 Å². The molecular formula is C15H22ClNO2S. The summed E-state index contributed by atoms with van der Waals surface area (Å²) in [5.74, 6) is -0.00889. The van der Waals surface area contributed by atoms with E-state index in [0.717, 1.165) is 32.1 Å². The summed E-state index contributed by atoms with van der Waals surface area (Å²) in [5, 5.41) is 0.0783. The summed E-state index contributed by atoms with van der Waals surface area (Å²) in [5.41, 5.74) is 6.78. The first-order valence-electron chi connectivity index (χ1n) is 7.21. The van der Waals surface area contributed by atoms with E-state index in [2.05, 4.69) is 0 Å². The lowest BCUT2D eigenvalue weighted by molar-refractivity contribution is 0.443. The van der Waals surface area contributed by atoms with Gasteiger partial charge in [0.05, 0.1) is 11.0 Å². The number of sulfone groups is 1. The minimum atomic E-state index is -3.26. The molecular weight excluding hydrogens is 294 g/mol. The zero-order valence-corrected chi connectivity index (χ0v) is 13.2. The van der Waals surface area contributed by atoms with Crippen LogP contribution < -0.4 is 5.73 Å². The maximum absolute atomic E-state index is 12.6. The molecule has 5 heteroatoms. The van der Waals surface area contributed by atoms with Gasteiger partial charge in [-0.15, -0.1) is 0 Å². The van der Waals surface area contributed by atoms with Crippen LogP contribution in [0.25, 0.3) is 0 Å². The predicted molar refractivity (Wildman–Crippen MR) is 83.5 cm³/mol. The van der Waals surface area contributed by atoms with Gasteiger partial charge in [-0.05, 0) is 24.5 Å². The molecule has 0 heterocycles. The first-order valence-corrected chi connectivity index (χ1v) is 9.30. The highest BCUT2D eigenvalue weighted by Gasteiger charge is 2.32. The van der Waals surface area contributed by atoms with E-state index in [1.807, 2.05) is 6.07 Å². The topological polar surface area (TPSA) is 60.2 Å². The number of hydrogen-bond donors (Lipinski definition) is 1. The van der Waals surface area contributed by atoms with E-state index < -0.39 is 15.1 Å². The normalized spacial score (nSPS) is 24.9. The number of rotatable bonds is 3. The van der Waals surface area contributed by atoms with Crippen LogP contribution >= 0.6 is 11.6 Å². The molecule has 3 nitrogen and oxygen atoms in total. The van der Waals surface area contributed by atoms with Crippen molar-refractivity contribution in [1.82, 2.24) is 0 Å². The highest BCUT2D eigenvalue weighted by Crippen LogP contribution is 2.26. The fraction of sp³-hybridized carbons (Fsp3) is 0.600. The molecule has 0 bridgehead atoms. The molecule has 1 saturated carbocycles. The van der Waals surface area contributed by atoms with Crippen molar-refractivity contribution in [3.8, 4) is 0 Å². The lowest BCUT2D eigenvalue weighted by Crippen LogP contribution is -2.41. The van der Waals surface area contributed by atoms with Gasteiger partial charge >= 0.3 is 0 Å². The van der Waals surface area contributed by atoms with E-state index in [1.165, 1.54) is 0 Å². The molecule has 0 spiro atoms. The number of halogens is 1. The molecule has 2 unspecified atom stereocenters. The highest BCUT2D eigenvalue weighted by molar-refractivity contribution is 7.91. The minimum Gasteiger partial charge on any atom is -0.327 e. The summed E-state index contributed by atoms with van der Waals surface area (Å²) < 4.78 is 25.3. The molecule has 0 amide bonds. The van der Waals surface area contributed by atoms with Gasteiger partial charge in [0.1, 0.15) is 0 Å². The van der Waals surface area contributed by atoms with E-state index in [-0.39, 0.29) is 11.8 Å². The third-order valence-electron chi connectivity index (χ3n) is 4.03. The van der Waals surface area contributed by atoms with Crippen molar-refractivity contribution in [2.45, 2.75) is 55.6 Å². The monoisotopic (exact) mass is 315 g/mol. The van der Waals surface area contributed by atoms with Crippen LogP contribution in [0.2, 0.25) is 5.02 Å². The molecule has 0 aliphatic heterocycles. The van der Waals surface area contributed by atoms with Gasteiger partial charge in [0.15, 0.2) is 9.84 Å². The van der Waals surface area contributed by atoms with Crippen LogP contribution in [-0.4, -0.2) is 19.7 Å². The largest absolute Gasteiger partial charge is 0.327 e. The molecule has 0 saturated heterocycles. The van der Waals surface area contributed by atoms with Crippen LogP contribution in [0.1, 0.15) is 44.1 Å². The maximum atomic E-state index is 12.6. The highest BCUT2D eigenvalue weighted by atomic mass is 35.5. The Bertz CT molecular complexity index is 545. The second-order valence-corrected chi connectivity index (χ2v) is 8.22. The zero-order chi connectivity index (χ0) is 14.6. The first-order chi connectivity index (χ1) is 9.50. The van der Waals surface area contributed by atoms with E-state index in [0.29, 0.717) is 17.0 Å². The first kappa shape index (κ1) is 15.8. The molecule has 1 aliphatic carbocycles. The second kappa shape index (κ2) is 6.92. The van der Waals surface area contributed by atoms with Crippen molar-refractivity contribution in [1.29, 1.82) is 0 Å². The Morgan fingerprint density at radius 3 is 2.45 bits per heavy atom. The lowest BCUT2D eigenvalue weighted by Gasteiger charge is -2.26. The van der Waals surface area contributed by atoms with Crippen LogP contribution in [0.5, 0.6) is 0 Å². The number of benzene rings is 1. The molecule has 1 aromatic rings. The molecule has 0 aromatic heterocycles. The van der Waals surface area contributed by atoms with E-state index in [9.17, 15) is 8.42 Å².